The molecule has 1 saturated carbocycles. The largest absolute Gasteiger partial charge is 0.127 e. The summed E-state index contributed by atoms with van der Waals surface area (Å²) in [6, 6.07) is 0. The Kier molecular flexibility index (Phi) is 2.16. The lowest BCUT2D eigenvalue weighted by Crippen LogP contribution is -2.23. The van der Waals surface area contributed by atoms with Crippen molar-refractivity contribution in [2.24, 2.45) is 11.8 Å². The van der Waals surface area contributed by atoms with Crippen LogP contribution < -0.4 is 0 Å². The van der Waals surface area contributed by atoms with Crippen LogP contribution in [0.15, 0.2) is 11.0 Å². The third kappa shape index (κ3) is 1.36. The van der Waals surface area contributed by atoms with E-state index in [1.165, 1.54) is 44.9 Å². The molecule has 2 fully saturated rings. The zero-order chi connectivity index (χ0) is 8.67. The molecule has 3 rings (SSSR count). The van der Waals surface area contributed by atoms with Gasteiger partial charge in [-0.3, -0.25) is 0 Å². The van der Waals surface area contributed by atoms with E-state index in [2.05, 4.69) is 17.8 Å². The molecular weight excluding hydrogens is 176 g/mol. The third-order valence-electron chi connectivity index (χ3n) is 3.99. The van der Waals surface area contributed by atoms with E-state index in [-0.39, 0.29) is 0 Å². The van der Waals surface area contributed by atoms with Crippen LogP contribution in [0.25, 0.3) is 0 Å². The van der Waals surface area contributed by atoms with Crippen molar-refractivity contribution >= 4 is 11.8 Å². The van der Waals surface area contributed by atoms with Gasteiger partial charge in [0.15, 0.2) is 0 Å². The first-order chi connectivity index (χ1) is 6.45. The minimum absolute atomic E-state index is 1.00. The summed E-state index contributed by atoms with van der Waals surface area (Å²) in [5.41, 5.74) is 0. The van der Waals surface area contributed by atoms with E-state index < -0.39 is 0 Å². The van der Waals surface area contributed by atoms with Crippen LogP contribution in [-0.4, -0.2) is 5.25 Å². The van der Waals surface area contributed by atoms with Crippen LogP contribution in [-0.2, 0) is 0 Å². The summed E-state index contributed by atoms with van der Waals surface area (Å²) in [4.78, 5) is 1.78. The molecular formula is C12H18S. The predicted molar refractivity (Wildman–Crippen MR) is 58.8 cm³/mol. The van der Waals surface area contributed by atoms with Gasteiger partial charge < -0.3 is 0 Å². The highest BCUT2D eigenvalue weighted by Gasteiger charge is 2.41. The zero-order valence-corrected chi connectivity index (χ0v) is 8.98. The van der Waals surface area contributed by atoms with Crippen LogP contribution in [0.5, 0.6) is 0 Å². The maximum absolute atomic E-state index is 2.54. The van der Waals surface area contributed by atoms with Crippen molar-refractivity contribution in [2.45, 2.75) is 50.2 Å². The Bertz CT molecular complexity index is 231. The van der Waals surface area contributed by atoms with Gasteiger partial charge in [-0.2, -0.15) is 0 Å². The zero-order valence-electron chi connectivity index (χ0n) is 8.17. The van der Waals surface area contributed by atoms with Gasteiger partial charge in [0.05, 0.1) is 0 Å². The maximum atomic E-state index is 2.54. The van der Waals surface area contributed by atoms with E-state index in [1.54, 1.807) is 4.91 Å². The van der Waals surface area contributed by atoms with Crippen LogP contribution in [0.3, 0.4) is 0 Å². The molecule has 0 radical (unpaired) electrons. The molecule has 0 aromatic heterocycles. The Morgan fingerprint density at radius 3 is 3.00 bits per heavy atom. The Balaban J connectivity index is 1.85. The van der Waals surface area contributed by atoms with Gasteiger partial charge in [-0.1, -0.05) is 18.9 Å². The van der Waals surface area contributed by atoms with Gasteiger partial charge in [-0.15, -0.1) is 11.8 Å². The van der Waals surface area contributed by atoms with Gasteiger partial charge >= 0.3 is 0 Å². The molecule has 0 nitrogen and oxygen atoms in total. The van der Waals surface area contributed by atoms with Gasteiger partial charge in [0.2, 0.25) is 0 Å². The SMILES string of the molecule is C1=C2SC3CCCCC3C2CCC1. The third-order valence-corrected chi connectivity index (χ3v) is 5.62. The second-order valence-corrected chi connectivity index (χ2v) is 6.06. The lowest BCUT2D eigenvalue weighted by atomic mass is 9.76. The smallest absolute Gasteiger partial charge is 0.0125 e. The minimum atomic E-state index is 1.00. The molecule has 1 saturated heterocycles. The Hall–Kier alpha value is 0.0900. The first-order valence-corrected chi connectivity index (χ1v) is 6.70. The first-order valence-electron chi connectivity index (χ1n) is 5.82. The summed E-state index contributed by atoms with van der Waals surface area (Å²) in [5.74, 6) is 2.08. The van der Waals surface area contributed by atoms with Gasteiger partial charge in [-0.05, 0) is 48.8 Å². The highest BCUT2D eigenvalue weighted by molar-refractivity contribution is 8.04. The van der Waals surface area contributed by atoms with Crippen molar-refractivity contribution in [3.05, 3.63) is 11.0 Å². The second-order valence-electron chi connectivity index (χ2n) is 4.75. The summed E-state index contributed by atoms with van der Waals surface area (Å²) in [6.45, 7) is 0. The standard InChI is InChI=1S/C12H18S/c1-3-7-11-9(5-1)10-6-2-4-8-12(10)13-11/h7,9-10,12H,1-6,8H2. The topological polar surface area (TPSA) is 0 Å². The van der Waals surface area contributed by atoms with E-state index in [9.17, 15) is 0 Å². The molecule has 0 bridgehead atoms. The molecule has 1 heterocycles. The monoisotopic (exact) mass is 194 g/mol. The molecule has 3 aliphatic rings. The summed E-state index contributed by atoms with van der Waals surface area (Å²) in [6.07, 6.45) is 12.9. The summed E-state index contributed by atoms with van der Waals surface area (Å²) in [5, 5.41) is 1.02. The normalized spacial score (nSPS) is 43.7. The van der Waals surface area contributed by atoms with E-state index in [0.717, 1.165) is 17.1 Å². The molecule has 0 spiro atoms. The molecule has 0 amide bonds. The van der Waals surface area contributed by atoms with Crippen LogP contribution >= 0.6 is 11.8 Å². The summed E-state index contributed by atoms with van der Waals surface area (Å²) >= 11 is 2.24. The fourth-order valence-corrected chi connectivity index (χ4v) is 5.16. The lowest BCUT2D eigenvalue weighted by molar-refractivity contribution is 0.288. The average molecular weight is 194 g/mol. The van der Waals surface area contributed by atoms with Gasteiger partial charge in [-0.25, -0.2) is 0 Å². The van der Waals surface area contributed by atoms with Crippen molar-refractivity contribution in [2.75, 3.05) is 0 Å². The van der Waals surface area contributed by atoms with E-state index in [4.69, 9.17) is 0 Å². The Labute approximate surface area is 85.2 Å². The number of hydrogen-bond donors (Lipinski definition) is 0. The molecule has 13 heavy (non-hydrogen) atoms. The molecule has 72 valence electrons. The van der Waals surface area contributed by atoms with Gasteiger partial charge in [0, 0.05) is 5.25 Å². The lowest BCUT2D eigenvalue weighted by Gasteiger charge is -2.28. The van der Waals surface area contributed by atoms with Crippen molar-refractivity contribution in [3.8, 4) is 0 Å². The number of hydrogen-bond acceptors (Lipinski definition) is 1. The number of fused-ring (bicyclic) bond motifs is 3. The highest BCUT2D eigenvalue weighted by Crippen LogP contribution is 2.55. The molecule has 1 heteroatoms. The first kappa shape index (κ1) is 8.40. The van der Waals surface area contributed by atoms with E-state index in [0.29, 0.717) is 0 Å². The Morgan fingerprint density at radius 2 is 2.00 bits per heavy atom. The summed E-state index contributed by atoms with van der Waals surface area (Å²) in [7, 11) is 0. The van der Waals surface area contributed by atoms with Crippen LogP contribution in [0.2, 0.25) is 0 Å². The van der Waals surface area contributed by atoms with Crippen LogP contribution in [0, 0.1) is 11.8 Å². The molecule has 2 aliphatic carbocycles. The molecule has 0 N–H and O–H groups in total. The molecule has 3 unspecified atom stereocenters. The minimum Gasteiger partial charge on any atom is -0.127 e. The fraction of sp³-hybridized carbons (Fsp3) is 0.833. The maximum Gasteiger partial charge on any atom is 0.0125 e. The van der Waals surface area contributed by atoms with Crippen molar-refractivity contribution < 1.29 is 0 Å². The predicted octanol–water partition coefficient (Wildman–Crippen LogP) is 3.98. The van der Waals surface area contributed by atoms with Crippen LogP contribution in [0.1, 0.15) is 44.9 Å². The second kappa shape index (κ2) is 3.34. The van der Waals surface area contributed by atoms with Crippen molar-refractivity contribution in [1.82, 2.24) is 0 Å². The van der Waals surface area contributed by atoms with Crippen molar-refractivity contribution in [1.29, 1.82) is 0 Å². The molecule has 1 aliphatic heterocycles. The van der Waals surface area contributed by atoms with Gasteiger partial charge in [0.1, 0.15) is 0 Å². The number of thioether (sulfide) groups is 1. The molecule has 0 aromatic rings. The Morgan fingerprint density at radius 1 is 1.08 bits per heavy atom. The van der Waals surface area contributed by atoms with E-state index in [1.807, 2.05) is 0 Å². The fourth-order valence-electron chi connectivity index (χ4n) is 3.34. The van der Waals surface area contributed by atoms with Crippen LogP contribution in [0.4, 0.5) is 0 Å². The molecule has 0 aromatic carbocycles. The summed E-state index contributed by atoms with van der Waals surface area (Å²) < 4.78 is 0. The molecule has 3 atom stereocenters. The van der Waals surface area contributed by atoms with E-state index >= 15 is 0 Å². The highest BCUT2D eigenvalue weighted by atomic mass is 32.2. The van der Waals surface area contributed by atoms with Crippen molar-refractivity contribution in [3.63, 3.8) is 0 Å². The quantitative estimate of drug-likeness (QED) is 0.562. The van der Waals surface area contributed by atoms with Gasteiger partial charge in [0.25, 0.3) is 0 Å². The number of rotatable bonds is 0. The number of allylic oxidation sites excluding steroid dienone is 2. The average Bonchev–Trinajstić information content (AvgIpc) is 2.56.